The first-order chi connectivity index (χ1) is 12.9. The van der Waals surface area contributed by atoms with Gasteiger partial charge in [-0.15, -0.1) is 11.3 Å². The molecule has 1 saturated heterocycles. The van der Waals surface area contributed by atoms with Crippen LogP contribution in [-0.4, -0.2) is 36.6 Å². The highest BCUT2D eigenvalue weighted by Crippen LogP contribution is 2.34. The van der Waals surface area contributed by atoms with Gasteiger partial charge in [-0.25, -0.2) is 0 Å². The SMILES string of the molecule is O=C(CN(Cc1cccs1)C[C@H]1CCCO1)Nc1ccccc1C(F)(F)F. The van der Waals surface area contributed by atoms with Crippen molar-refractivity contribution in [1.82, 2.24) is 4.90 Å². The van der Waals surface area contributed by atoms with Crippen molar-refractivity contribution in [2.24, 2.45) is 0 Å². The van der Waals surface area contributed by atoms with Gasteiger partial charge in [0.2, 0.25) is 5.91 Å². The third-order valence-corrected chi connectivity index (χ3v) is 5.18. The van der Waals surface area contributed by atoms with Crippen molar-refractivity contribution < 1.29 is 22.7 Å². The smallest absolute Gasteiger partial charge is 0.377 e. The second-order valence-corrected chi connectivity index (χ2v) is 7.51. The summed E-state index contributed by atoms with van der Waals surface area (Å²) >= 11 is 1.58. The Morgan fingerprint density at radius 1 is 1.26 bits per heavy atom. The molecule has 0 aliphatic carbocycles. The van der Waals surface area contributed by atoms with Crippen LogP contribution in [0.1, 0.15) is 23.3 Å². The molecule has 0 bridgehead atoms. The average Bonchev–Trinajstić information content (AvgIpc) is 3.28. The third-order valence-electron chi connectivity index (χ3n) is 4.32. The molecule has 8 heteroatoms. The van der Waals surface area contributed by atoms with Gasteiger partial charge in [-0.05, 0) is 36.4 Å². The van der Waals surface area contributed by atoms with Gasteiger partial charge in [-0.3, -0.25) is 9.69 Å². The number of hydrogen-bond acceptors (Lipinski definition) is 4. The first kappa shape index (κ1) is 19.9. The lowest BCUT2D eigenvalue weighted by Crippen LogP contribution is -2.38. The summed E-state index contributed by atoms with van der Waals surface area (Å²) in [6, 6.07) is 8.92. The summed E-state index contributed by atoms with van der Waals surface area (Å²) in [7, 11) is 0. The Labute approximate surface area is 159 Å². The minimum absolute atomic E-state index is 0.00392. The Balaban J connectivity index is 1.67. The fourth-order valence-electron chi connectivity index (χ4n) is 3.12. The molecule has 4 nitrogen and oxygen atoms in total. The highest BCUT2D eigenvalue weighted by Gasteiger charge is 2.33. The van der Waals surface area contributed by atoms with E-state index in [4.69, 9.17) is 4.74 Å². The zero-order chi connectivity index (χ0) is 19.3. The number of carbonyl (C=O) groups is 1. The lowest BCUT2D eigenvalue weighted by molar-refractivity contribution is -0.137. The van der Waals surface area contributed by atoms with Crippen molar-refractivity contribution in [3.8, 4) is 0 Å². The molecule has 1 atom stereocenters. The van der Waals surface area contributed by atoms with Gasteiger partial charge in [0.1, 0.15) is 0 Å². The molecule has 1 aromatic carbocycles. The highest BCUT2D eigenvalue weighted by molar-refractivity contribution is 7.09. The largest absolute Gasteiger partial charge is 0.418 e. The molecule has 0 saturated carbocycles. The molecule has 2 aromatic rings. The number of rotatable bonds is 7. The van der Waals surface area contributed by atoms with E-state index >= 15 is 0 Å². The zero-order valence-electron chi connectivity index (χ0n) is 14.7. The molecule has 0 radical (unpaired) electrons. The van der Waals surface area contributed by atoms with Gasteiger partial charge in [0, 0.05) is 24.6 Å². The topological polar surface area (TPSA) is 41.6 Å². The summed E-state index contributed by atoms with van der Waals surface area (Å²) in [4.78, 5) is 15.5. The molecule has 1 aliphatic rings. The number of halogens is 3. The molecule has 1 amide bonds. The minimum Gasteiger partial charge on any atom is -0.377 e. The van der Waals surface area contributed by atoms with Crippen LogP contribution in [0.15, 0.2) is 41.8 Å². The van der Waals surface area contributed by atoms with Gasteiger partial charge >= 0.3 is 6.18 Å². The lowest BCUT2D eigenvalue weighted by atomic mass is 10.1. The van der Waals surface area contributed by atoms with Crippen LogP contribution in [0, 0.1) is 0 Å². The van der Waals surface area contributed by atoms with Crippen molar-refractivity contribution >= 4 is 22.9 Å². The van der Waals surface area contributed by atoms with Gasteiger partial charge in [0.05, 0.1) is 23.9 Å². The van der Waals surface area contributed by atoms with Crippen LogP contribution < -0.4 is 5.32 Å². The van der Waals surface area contributed by atoms with Gasteiger partial charge < -0.3 is 10.1 Å². The van der Waals surface area contributed by atoms with Crippen molar-refractivity contribution in [3.63, 3.8) is 0 Å². The van der Waals surface area contributed by atoms with Crippen molar-refractivity contribution in [3.05, 3.63) is 52.2 Å². The van der Waals surface area contributed by atoms with Crippen LogP contribution >= 0.6 is 11.3 Å². The van der Waals surface area contributed by atoms with Crippen LogP contribution in [0.25, 0.3) is 0 Å². The summed E-state index contributed by atoms with van der Waals surface area (Å²) in [5.41, 5.74) is -1.06. The molecule has 2 heterocycles. The number of alkyl halides is 3. The van der Waals surface area contributed by atoms with E-state index in [1.807, 2.05) is 22.4 Å². The molecule has 146 valence electrons. The molecular weight excluding hydrogens is 377 g/mol. The first-order valence-corrected chi connectivity index (χ1v) is 9.62. The standard InChI is InChI=1S/C19H21F3N2O2S/c20-19(21,22)16-7-1-2-8-17(16)23-18(25)13-24(11-14-5-3-9-26-14)12-15-6-4-10-27-15/h1-2,4,6-8,10,14H,3,5,9,11-13H2,(H,23,25)/t14-/m1/s1. The predicted molar refractivity (Wildman–Crippen MR) is 98.6 cm³/mol. The van der Waals surface area contributed by atoms with Gasteiger partial charge in [0.25, 0.3) is 0 Å². The first-order valence-electron chi connectivity index (χ1n) is 8.74. The van der Waals surface area contributed by atoms with E-state index in [9.17, 15) is 18.0 Å². The number of amides is 1. The Hall–Kier alpha value is -1.90. The molecular formula is C19H21F3N2O2S. The highest BCUT2D eigenvalue weighted by atomic mass is 32.1. The third kappa shape index (κ3) is 5.79. The molecule has 27 heavy (non-hydrogen) atoms. The van der Waals surface area contributed by atoms with Gasteiger partial charge in [-0.1, -0.05) is 18.2 Å². The van der Waals surface area contributed by atoms with Crippen LogP contribution in [-0.2, 0) is 22.3 Å². The molecule has 3 rings (SSSR count). The second kappa shape index (κ2) is 8.86. The van der Waals surface area contributed by atoms with Crippen LogP contribution in [0.3, 0.4) is 0 Å². The second-order valence-electron chi connectivity index (χ2n) is 6.48. The lowest BCUT2D eigenvalue weighted by Gasteiger charge is -2.24. The van der Waals surface area contributed by atoms with E-state index in [1.54, 1.807) is 11.3 Å². The summed E-state index contributed by atoms with van der Waals surface area (Å²) in [6.07, 6.45) is -2.54. The summed E-state index contributed by atoms with van der Waals surface area (Å²) in [6.45, 7) is 1.85. The molecule has 0 spiro atoms. The Morgan fingerprint density at radius 3 is 2.74 bits per heavy atom. The van der Waals surface area contributed by atoms with E-state index in [0.29, 0.717) is 19.7 Å². The van der Waals surface area contributed by atoms with Gasteiger partial charge in [-0.2, -0.15) is 13.2 Å². The van der Waals surface area contributed by atoms with E-state index in [2.05, 4.69) is 5.32 Å². The van der Waals surface area contributed by atoms with Crippen LogP contribution in [0.4, 0.5) is 18.9 Å². The Kier molecular flexibility index (Phi) is 6.51. The van der Waals surface area contributed by atoms with Crippen LogP contribution in [0.2, 0.25) is 0 Å². The van der Waals surface area contributed by atoms with Crippen molar-refractivity contribution in [2.75, 3.05) is 25.0 Å². The quantitative estimate of drug-likeness (QED) is 0.752. The minimum atomic E-state index is -4.52. The Morgan fingerprint density at radius 2 is 2.07 bits per heavy atom. The number of para-hydroxylation sites is 1. The van der Waals surface area contributed by atoms with E-state index < -0.39 is 17.6 Å². The number of carbonyl (C=O) groups excluding carboxylic acids is 1. The van der Waals surface area contributed by atoms with Crippen molar-refractivity contribution in [2.45, 2.75) is 31.7 Å². The van der Waals surface area contributed by atoms with Crippen molar-refractivity contribution in [1.29, 1.82) is 0 Å². The monoisotopic (exact) mass is 398 g/mol. The number of hydrogen-bond donors (Lipinski definition) is 1. The average molecular weight is 398 g/mol. The van der Waals surface area contributed by atoms with E-state index in [-0.39, 0.29) is 18.3 Å². The fraction of sp³-hybridized carbons (Fsp3) is 0.421. The maximum absolute atomic E-state index is 13.1. The Bertz CT molecular complexity index is 744. The predicted octanol–water partition coefficient (Wildman–Crippen LogP) is 4.39. The molecule has 1 N–H and O–H groups in total. The fourth-order valence-corrected chi connectivity index (χ4v) is 3.86. The summed E-state index contributed by atoms with van der Waals surface area (Å²) < 4.78 is 45.0. The number of thiophene rings is 1. The van der Waals surface area contributed by atoms with Crippen LogP contribution in [0.5, 0.6) is 0 Å². The number of nitrogens with one attached hydrogen (secondary N) is 1. The molecule has 1 aliphatic heterocycles. The molecule has 0 unspecified atom stereocenters. The van der Waals surface area contributed by atoms with E-state index in [1.165, 1.54) is 18.2 Å². The number of benzene rings is 1. The zero-order valence-corrected chi connectivity index (χ0v) is 15.5. The maximum atomic E-state index is 13.1. The maximum Gasteiger partial charge on any atom is 0.418 e. The number of ether oxygens (including phenoxy) is 1. The normalized spacial score (nSPS) is 17.4. The van der Waals surface area contributed by atoms with E-state index in [0.717, 1.165) is 23.8 Å². The number of anilines is 1. The molecule has 1 aromatic heterocycles. The van der Waals surface area contributed by atoms with Gasteiger partial charge in [0.15, 0.2) is 0 Å². The summed E-state index contributed by atoms with van der Waals surface area (Å²) in [5, 5.41) is 4.37. The summed E-state index contributed by atoms with van der Waals surface area (Å²) in [5.74, 6) is -0.471. The number of nitrogens with zero attached hydrogens (tertiary/aromatic N) is 1. The molecule has 1 fully saturated rings.